The number of hydrogen-bond donors (Lipinski definition) is 2. The number of furan rings is 1. The fourth-order valence-corrected chi connectivity index (χ4v) is 2.58. The summed E-state index contributed by atoms with van der Waals surface area (Å²) >= 11 is 0. The summed E-state index contributed by atoms with van der Waals surface area (Å²) < 4.78 is 36.7. The van der Waals surface area contributed by atoms with Crippen LogP contribution in [0.1, 0.15) is 22.5 Å². The second-order valence-corrected chi connectivity index (χ2v) is 6.06. The number of aliphatic hydroxyl groups excluding tert-OH is 1. The van der Waals surface area contributed by atoms with Gasteiger partial charge < -0.3 is 24.4 Å². The van der Waals surface area contributed by atoms with E-state index in [1.807, 2.05) is 0 Å². The van der Waals surface area contributed by atoms with E-state index in [0.29, 0.717) is 28.8 Å². The number of carbonyl (C=O) groups is 2. The van der Waals surface area contributed by atoms with Crippen LogP contribution in [0.15, 0.2) is 22.6 Å². The van der Waals surface area contributed by atoms with Crippen LogP contribution in [0.4, 0.5) is 8.78 Å². The van der Waals surface area contributed by atoms with Gasteiger partial charge in [0.1, 0.15) is 29.4 Å². The second kappa shape index (κ2) is 6.44. The maximum atomic E-state index is 12.9. The average molecular weight is 353 g/mol. The minimum Gasteiger partial charge on any atom is -0.493 e. The quantitative estimate of drug-likeness (QED) is 0.744. The molecule has 1 heterocycles. The number of alkyl halides is 2. The van der Waals surface area contributed by atoms with Gasteiger partial charge in [0.25, 0.3) is 11.8 Å². The fraction of sp³-hybridized carbons (Fsp3) is 0.412. The van der Waals surface area contributed by atoms with Crippen molar-refractivity contribution in [1.82, 2.24) is 5.32 Å². The van der Waals surface area contributed by atoms with E-state index < -0.39 is 30.4 Å². The number of aldehydes is 1. The van der Waals surface area contributed by atoms with Gasteiger partial charge in [0.05, 0.1) is 24.7 Å². The summed E-state index contributed by atoms with van der Waals surface area (Å²) in [6, 6.07) is 3.68. The van der Waals surface area contributed by atoms with E-state index in [9.17, 15) is 18.4 Å². The van der Waals surface area contributed by atoms with E-state index in [-0.39, 0.29) is 18.6 Å². The van der Waals surface area contributed by atoms with Gasteiger partial charge in [-0.3, -0.25) is 4.79 Å². The number of amides is 1. The molecule has 1 aromatic carbocycles. The van der Waals surface area contributed by atoms with Gasteiger partial charge in [-0.05, 0) is 25.1 Å². The Bertz CT molecular complexity index is 817. The van der Waals surface area contributed by atoms with Gasteiger partial charge in [-0.2, -0.15) is 0 Å². The smallest absolute Gasteiger partial charge is 0.256 e. The summed E-state index contributed by atoms with van der Waals surface area (Å²) in [7, 11) is 0. The third-order valence-electron chi connectivity index (χ3n) is 4.15. The minimum absolute atomic E-state index is 0.103. The lowest BCUT2D eigenvalue weighted by molar-refractivity contribution is -0.110. The van der Waals surface area contributed by atoms with Crippen molar-refractivity contribution in [3.8, 4) is 5.75 Å². The van der Waals surface area contributed by atoms with Crippen LogP contribution in [-0.4, -0.2) is 42.5 Å². The van der Waals surface area contributed by atoms with Crippen molar-refractivity contribution in [2.24, 2.45) is 5.92 Å². The van der Waals surface area contributed by atoms with Crippen molar-refractivity contribution >= 4 is 23.2 Å². The third kappa shape index (κ3) is 3.48. The van der Waals surface area contributed by atoms with Crippen LogP contribution in [0.5, 0.6) is 5.75 Å². The Morgan fingerprint density at radius 1 is 1.56 bits per heavy atom. The first-order valence-corrected chi connectivity index (χ1v) is 7.76. The highest BCUT2D eigenvalue weighted by Crippen LogP contribution is 2.48. The average Bonchev–Trinajstić information content (AvgIpc) is 3.05. The molecule has 2 N–H and O–H groups in total. The van der Waals surface area contributed by atoms with Gasteiger partial charge >= 0.3 is 0 Å². The molecule has 8 heteroatoms. The van der Waals surface area contributed by atoms with Gasteiger partial charge in [-0.15, -0.1) is 0 Å². The molecule has 0 bridgehead atoms. The molecule has 25 heavy (non-hydrogen) atoms. The lowest BCUT2D eigenvalue weighted by Gasteiger charge is -2.09. The maximum absolute atomic E-state index is 12.9. The Balaban J connectivity index is 1.82. The van der Waals surface area contributed by atoms with E-state index in [1.165, 1.54) is 6.07 Å². The molecule has 1 unspecified atom stereocenters. The number of fused-ring (bicyclic) bond motifs is 1. The third-order valence-corrected chi connectivity index (χ3v) is 4.15. The molecule has 1 aliphatic rings. The van der Waals surface area contributed by atoms with Gasteiger partial charge in [-0.1, -0.05) is 0 Å². The highest BCUT2D eigenvalue weighted by atomic mass is 19.3. The molecular weight excluding hydrogens is 336 g/mol. The van der Waals surface area contributed by atoms with Gasteiger partial charge in [-0.25, -0.2) is 8.78 Å². The van der Waals surface area contributed by atoms with Crippen LogP contribution in [0.3, 0.4) is 0 Å². The lowest BCUT2D eigenvalue weighted by Crippen LogP contribution is -2.38. The number of nitrogens with one attached hydrogen (secondary N) is 1. The Labute approximate surface area is 141 Å². The number of aryl methyl sites for hydroxylation is 1. The molecule has 1 fully saturated rings. The summed E-state index contributed by atoms with van der Waals surface area (Å²) in [6.45, 7) is 0.970. The number of aliphatic hydroxyl groups is 1. The molecule has 0 spiro atoms. The first kappa shape index (κ1) is 17.3. The topological polar surface area (TPSA) is 88.8 Å². The number of hydrogen-bond acceptors (Lipinski definition) is 5. The van der Waals surface area contributed by atoms with Crippen LogP contribution in [-0.2, 0) is 4.79 Å². The van der Waals surface area contributed by atoms with Crippen molar-refractivity contribution in [2.75, 3.05) is 13.2 Å². The molecule has 134 valence electrons. The molecule has 1 amide bonds. The van der Waals surface area contributed by atoms with E-state index in [1.54, 1.807) is 19.1 Å². The maximum Gasteiger partial charge on any atom is 0.256 e. The largest absolute Gasteiger partial charge is 0.493 e. The molecular formula is C17H17F2NO5. The fourth-order valence-electron chi connectivity index (χ4n) is 2.58. The Kier molecular flexibility index (Phi) is 4.47. The summed E-state index contributed by atoms with van der Waals surface area (Å²) in [6.07, 6.45) is 0.252. The molecule has 6 nitrogen and oxygen atoms in total. The number of benzene rings is 1. The molecule has 0 saturated heterocycles. The van der Waals surface area contributed by atoms with Gasteiger partial charge in [0.2, 0.25) is 0 Å². The molecule has 3 rings (SSSR count). The molecule has 2 aromatic rings. The van der Waals surface area contributed by atoms with E-state index >= 15 is 0 Å². The molecule has 0 radical (unpaired) electrons. The summed E-state index contributed by atoms with van der Waals surface area (Å²) in [5.41, 5.74) is 0.635. The number of halogens is 2. The number of carbonyl (C=O) groups excluding carboxylic acids is 2. The molecule has 0 aliphatic heterocycles. The van der Waals surface area contributed by atoms with Crippen molar-refractivity contribution in [1.29, 1.82) is 0 Å². The number of ether oxygens (including phenoxy) is 1. The second-order valence-electron chi connectivity index (χ2n) is 6.06. The predicted molar refractivity (Wildman–Crippen MR) is 83.9 cm³/mol. The van der Waals surface area contributed by atoms with Crippen LogP contribution < -0.4 is 10.1 Å². The molecule has 1 saturated carbocycles. The van der Waals surface area contributed by atoms with Crippen LogP contribution >= 0.6 is 0 Å². The SMILES string of the molecule is Cc1oc2ccc(OCC3CC3(F)F)cc2c1C(=O)N[C@H](C=O)CO. The highest BCUT2D eigenvalue weighted by Gasteiger charge is 2.57. The van der Waals surface area contributed by atoms with E-state index in [0.717, 1.165) is 0 Å². The standard InChI is InChI=1S/C17H17F2NO5/c1-9-15(16(23)20-11(6-21)7-22)13-4-12(2-3-14(13)25-9)24-8-10-5-17(10,18)19/h2-4,6,10-11,22H,5,7-8H2,1H3,(H,20,23)/t10?,11-/m1/s1. The predicted octanol–water partition coefficient (Wildman–Crippen LogP) is 2.06. The lowest BCUT2D eigenvalue weighted by atomic mass is 10.1. The zero-order chi connectivity index (χ0) is 18.2. The van der Waals surface area contributed by atoms with Crippen LogP contribution in [0.25, 0.3) is 11.0 Å². The molecule has 1 aliphatic carbocycles. The van der Waals surface area contributed by atoms with Crippen molar-refractivity contribution in [2.45, 2.75) is 25.3 Å². The summed E-state index contributed by atoms with van der Waals surface area (Å²) in [4.78, 5) is 23.1. The summed E-state index contributed by atoms with van der Waals surface area (Å²) in [5, 5.41) is 11.8. The monoisotopic (exact) mass is 353 g/mol. The van der Waals surface area contributed by atoms with Gasteiger partial charge in [0, 0.05) is 11.8 Å². The minimum atomic E-state index is -2.66. The van der Waals surface area contributed by atoms with E-state index in [4.69, 9.17) is 14.3 Å². The Morgan fingerprint density at radius 2 is 2.28 bits per heavy atom. The number of rotatable bonds is 7. The van der Waals surface area contributed by atoms with Crippen molar-refractivity contribution < 1.29 is 32.6 Å². The first-order valence-electron chi connectivity index (χ1n) is 7.76. The van der Waals surface area contributed by atoms with Crippen molar-refractivity contribution in [3.05, 3.63) is 29.5 Å². The molecule has 1 aromatic heterocycles. The van der Waals surface area contributed by atoms with E-state index in [2.05, 4.69) is 5.32 Å². The highest BCUT2D eigenvalue weighted by molar-refractivity contribution is 6.08. The summed E-state index contributed by atoms with van der Waals surface area (Å²) in [5.74, 6) is -3.33. The molecule has 2 atom stereocenters. The first-order chi connectivity index (χ1) is 11.9. The zero-order valence-corrected chi connectivity index (χ0v) is 13.4. The zero-order valence-electron chi connectivity index (χ0n) is 13.4. The van der Waals surface area contributed by atoms with Crippen molar-refractivity contribution in [3.63, 3.8) is 0 Å². The normalized spacial score (nSPS) is 19.4. The Morgan fingerprint density at radius 3 is 2.88 bits per heavy atom. The van der Waals surface area contributed by atoms with Crippen LogP contribution in [0, 0.1) is 12.8 Å². The van der Waals surface area contributed by atoms with Gasteiger partial charge in [0.15, 0.2) is 0 Å². The Hall–Kier alpha value is -2.48. The van der Waals surface area contributed by atoms with Crippen LogP contribution in [0.2, 0.25) is 0 Å².